The van der Waals surface area contributed by atoms with Gasteiger partial charge in [-0.2, -0.15) is 0 Å². The van der Waals surface area contributed by atoms with Crippen LogP contribution in [0.15, 0.2) is 11.0 Å². The lowest BCUT2D eigenvalue weighted by molar-refractivity contribution is 0.0702. The number of hydrogen-bond acceptors (Lipinski definition) is 4. The van der Waals surface area contributed by atoms with Gasteiger partial charge in [0.05, 0.1) is 10.6 Å². The van der Waals surface area contributed by atoms with E-state index >= 15 is 0 Å². The van der Waals surface area contributed by atoms with E-state index in [0.29, 0.717) is 17.7 Å². The minimum atomic E-state index is -3.21. The van der Waals surface area contributed by atoms with Crippen LogP contribution in [0.1, 0.15) is 21.0 Å². The first-order valence-electron chi connectivity index (χ1n) is 4.09. The predicted molar refractivity (Wildman–Crippen MR) is 51.7 cm³/mol. The Kier molecular flexibility index (Phi) is 2.11. The Balaban J connectivity index is 2.60. The van der Waals surface area contributed by atoms with Gasteiger partial charge in [-0.15, -0.1) is 11.3 Å². The molecule has 1 aliphatic rings. The zero-order chi connectivity index (χ0) is 10.3. The molecule has 0 atom stereocenters. The minimum Gasteiger partial charge on any atom is -0.477 e. The highest BCUT2D eigenvalue weighted by molar-refractivity contribution is 7.91. The number of rotatable bonds is 1. The SMILES string of the molecule is O=C(O)c1cc2c(s1)CCCS2(=O)=O. The third-order valence-corrected chi connectivity index (χ3v) is 5.31. The fourth-order valence-electron chi connectivity index (χ4n) is 1.49. The number of aromatic carboxylic acids is 1. The average Bonchev–Trinajstić information content (AvgIpc) is 2.48. The molecule has 0 saturated heterocycles. The molecule has 1 aromatic rings. The quantitative estimate of drug-likeness (QED) is 0.788. The molecule has 1 aromatic heterocycles. The molecule has 1 N–H and O–H groups in total. The van der Waals surface area contributed by atoms with Crippen LogP contribution in [0.5, 0.6) is 0 Å². The molecule has 0 bridgehead atoms. The molecule has 0 fully saturated rings. The third kappa shape index (κ3) is 1.44. The first-order valence-corrected chi connectivity index (χ1v) is 6.56. The van der Waals surface area contributed by atoms with Gasteiger partial charge in [0, 0.05) is 4.88 Å². The van der Waals surface area contributed by atoms with Gasteiger partial charge in [-0.05, 0) is 18.9 Å². The number of carboxylic acid groups (broad SMARTS) is 1. The van der Waals surface area contributed by atoms with Crippen LogP contribution < -0.4 is 0 Å². The fourth-order valence-corrected chi connectivity index (χ4v) is 4.49. The van der Waals surface area contributed by atoms with Crippen LogP contribution in [0, 0.1) is 0 Å². The molecule has 76 valence electrons. The van der Waals surface area contributed by atoms with E-state index in [1.807, 2.05) is 0 Å². The van der Waals surface area contributed by atoms with E-state index < -0.39 is 15.8 Å². The maximum atomic E-state index is 11.5. The van der Waals surface area contributed by atoms with Crippen LogP contribution in [0.25, 0.3) is 0 Å². The van der Waals surface area contributed by atoms with Crippen LogP contribution in [-0.2, 0) is 16.3 Å². The molecule has 0 radical (unpaired) electrons. The van der Waals surface area contributed by atoms with Crippen molar-refractivity contribution in [3.8, 4) is 0 Å². The van der Waals surface area contributed by atoms with Crippen molar-refractivity contribution in [2.24, 2.45) is 0 Å². The van der Waals surface area contributed by atoms with E-state index in [0.717, 1.165) is 11.3 Å². The highest BCUT2D eigenvalue weighted by atomic mass is 32.2. The monoisotopic (exact) mass is 232 g/mol. The highest BCUT2D eigenvalue weighted by Crippen LogP contribution is 2.32. The van der Waals surface area contributed by atoms with Gasteiger partial charge in [-0.25, -0.2) is 13.2 Å². The summed E-state index contributed by atoms with van der Waals surface area (Å²) in [6.45, 7) is 0. The number of carboxylic acids is 1. The number of sulfone groups is 1. The largest absolute Gasteiger partial charge is 0.477 e. The van der Waals surface area contributed by atoms with Crippen molar-refractivity contribution in [3.63, 3.8) is 0 Å². The Bertz CT molecular complexity index is 483. The summed E-state index contributed by atoms with van der Waals surface area (Å²) in [4.78, 5) is 11.7. The van der Waals surface area contributed by atoms with Gasteiger partial charge in [0.15, 0.2) is 9.84 Å². The Labute approximate surface area is 85.1 Å². The molecule has 0 aromatic carbocycles. The molecular formula is C8H8O4S2. The Morgan fingerprint density at radius 3 is 2.79 bits per heavy atom. The summed E-state index contributed by atoms with van der Waals surface area (Å²) < 4.78 is 23.0. The second kappa shape index (κ2) is 3.06. The lowest BCUT2D eigenvalue weighted by Gasteiger charge is -2.10. The van der Waals surface area contributed by atoms with E-state index in [1.54, 1.807) is 0 Å². The van der Waals surface area contributed by atoms with Crippen molar-refractivity contribution in [3.05, 3.63) is 15.8 Å². The molecule has 0 unspecified atom stereocenters. The molecule has 2 heterocycles. The number of carbonyl (C=O) groups is 1. The van der Waals surface area contributed by atoms with Crippen LogP contribution in [0.3, 0.4) is 0 Å². The smallest absolute Gasteiger partial charge is 0.345 e. The van der Waals surface area contributed by atoms with Crippen molar-refractivity contribution < 1.29 is 18.3 Å². The van der Waals surface area contributed by atoms with Gasteiger partial charge in [0.25, 0.3) is 0 Å². The van der Waals surface area contributed by atoms with Gasteiger partial charge in [-0.1, -0.05) is 0 Å². The second-order valence-electron chi connectivity index (χ2n) is 3.13. The van der Waals surface area contributed by atoms with E-state index in [1.165, 1.54) is 6.07 Å². The Morgan fingerprint density at radius 2 is 2.21 bits per heavy atom. The highest BCUT2D eigenvalue weighted by Gasteiger charge is 2.27. The topological polar surface area (TPSA) is 71.4 Å². The van der Waals surface area contributed by atoms with Crippen molar-refractivity contribution >= 4 is 27.1 Å². The van der Waals surface area contributed by atoms with Gasteiger partial charge in [0.1, 0.15) is 4.88 Å². The van der Waals surface area contributed by atoms with Crippen LogP contribution >= 0.6 is 11.3 Å². The molecule has 6 heteroatoms. The Hall–Kier alpha value is -0.880. The van der Waals surface area contributed by atoms with Crippen molar-refractivity contribution in [1.82, 2.24) is 0 Å². The van der Waals surface area contributed by atoms with Gasteiger partial charge in [0.2, 0.25) is 0 Å². The second-order valence-corrected chi connectivity index (χ2v) is 6.34. The minimum absolute atomic E-state index is 0.112. The van der Waals surface area contributed by atoms with Crippen molar-refractivity contribution in [1.29, 1.82) is 0 Å². The number of fused-ring (bicyclic) bond motifs is 1. The normalized spacial score (nSPS) is 18.9. The summed E-state index contributed by atoms with van der Waals surface area (Å²) in [5.41, 5.74) is 0. The summed E-state index contributed by atoms with van der Waals surface area (Å²) >= 11 is 1.07. The molecule has 0 spiro atoms. The third-order valence-electron chi connectivity index (χ3n) is 2.13. The van der Waals surface area contributed by atoms with Crippen molar-refractivity contribution in [2.45, 2.75) is 17.7 Å². The summed E-state index contributed by atoms with van der Waals surface area (Å²) in [5.74, 6) is -0.921. The summed E-state index contributed by atoms with van der Waals surface area (Å²) in [6, 6.07) is 1.27. The van der Waals surface area contributed by atoms with E-state index in [-0.39, 0.29) is 15.5 Å². The van der Waals surface area contributed by atoms with Gasteiger partial charge >= 0.3 is 5.97 Å². The molecule has 1 aliphatic heterocycles. The lowest BCUT2D eigenvalue weighted by atomic mass is 10.3. The Morgan fingerprint density at radius 1 is 1.50 bits per heavy atom. The first kappa shape index (κ1) is 9.67. The van der Waals surface area contributed by atoms with Crippen molar-refractivity contribution in [2.75, 3.05) is 5.75 Å². The van der Waals surface area contributed by atoms with E-state index in [4.69, 9.17) is 5.11 Å². The molecule has 0 aliphatic carbocycles. The summed E-state index contributed by atoms with van der Waals surface area (Å²) in [7, 11) is -3.21. The maximum Gasteiger partial charge on any atom is 0.345 e. The van der Waals surface area contributed by atoms with Crippen LogP contribution in [-0.4, -0.2) is 25.2 Å². The molecular weight excluding hydrogens is 224 g/mol. The number of thiophene rings is 1. The molecule has 0 amide bonds. The first-order chi connectivity index (χ1) is 6.50. The fraction of sp³-hybridized carbons (Fsp3) is 0.375. The summed E-state index contributed by atoms with van der Waals surface area (Å²) in [5, 5.41) is 8.72. The summed E-state index contributed by atoms with van der Waals surface area (Å²) in [6.07, 6.45) is 1.27. The lowest BCUT2D eigenvalue weighted by Crippen LogP contribution is -2.13. The molecule has 0 saturated carbocycles. The predicted octanol–water partition coefficient (Wildman–Crippen LogP) is 1.17. The molecule has 4 nitrogen and oxygen atoms in total. The average molecular weight is 232 g/mol. The standard InChI is InChI=1S/C8H8O4S2/c9-8(10)6-4-7-5(13-6)2-1-3-14(7,11)12/h4H,1-3H2,(H,9,10). The zero-order valence-corrected chi connectivity index (χ0v) is 8.82. The number of aryl methyl sites for hydroxylation is 1. The van der Waals surface area contributed by atoms with Gasteiger partial charge < -0.3 is 5.11 Å². The van der Waals surface area contributed by atoms with Crippen LogP contribution in [0.4, 0.5) is 0 Å². The van der Waals surface area contributed by atoms with Gasteiger partial charge in [-0.3, -0.25) is 0 Å². The van der Waals surface area contributed by atoms with E-state index in [9.17, 15) is 13.2 Å². The molecule has 14 heavy (non-hydrogen) atoms. The molecule has 2 rings (SSSR count). The van der Waals surface area contributed by atoms with E-state index in [2.05, 4.69) is 0 Å². The number of hydrogen-bond donors (Lipinski definition) is 1. The van der Waals surface area contributed by atoms with Crippen LogP contribution in [0.2, 0.25) is 0 Å². The maximum absolute atomic E-state index is 11.5. The zero-order valence-electron chi connectivity index (χ0n) is 7.19.